The number of fused-ring (bicyclic) bond motifs is 1. The number of hydrogen-bond donors (Lipinski definition) is 5. The number of carboxylic acids is 2. The minimum atomic E-state index is -1.73. The predicted octanol–water partition coefficient (Wildman–Crippen LogP) is 2.94. The van der Waals surface area contributed by atoms with E-state index in [0.29, 0.717) is 10.6 Å². The first kappa shape index (κ1) is 19.8. The SMILES string of the molecule is O=C(NCc1cc(C(=O)O)c(NC(=O)C(=O)O)s1)Nc1cccc2ccccc12. The zero-order valence-corrected chi connectivity index (χ0v) is 15.6. The van der Waals surface area contributed by atoms with Crippen molar-refractivity contribution >= 4 is 56.7 Å². The molecule has 0 unspecified atom stereocenters. The van der Waals surface area contributed by atoms with Gasteiger partial charge in [-0.1, -0.05) is 36.4 Å². The van der Waals surface area contributed by atoms with Crippen LogP contribution in [-0.4, -0.2) is 34.1 Å². The number of rotatable bonds is 5. The highest BCUT2D eigenvalue weighted by Crippen LogP contribution is 2.28. The van der Waals surface area contributed by atoms with Gasteiger partial charge in [0.25, 0.3) is 0 Å². The molecule has 3 aromatic rings. The maximum absolute atomic E-state index is 12.2. The third-order valence-electron chi connectivity index (χ3n) is 3.90. The predicted molar refractivity (Wildman–Crippen MR) is 107 cm³/mol. The van der Waals surface area contributed by atoms with E-state index in [0.717, 1.165) is 22.1 Å². The van der Waals surface area contributed by atoms with Crippen LogP contribution in [0.25, 0.3) is 10.8 Å². The first-order valence-electron chi connectivity index (χ1n) is 8.28. The molecule has 5 N–H and O–H groups in total. The van der Waals surface area contributed by atoms with Gasteiger partial charge in [-0.3, -0.25) is 4.79 Å². The lowest BCUT2D eigenvalue weighted by Crippen LogP contribution is -2.27. The number of carbonyl (C=O) groups excluding carboxylic acids is 2. The van der Waals surface area contributed by atoms with Crippen molar-refractivity contribution in [2.24, 2.45) is 0 Å². The van der Waals surface area contributed by atoms with E-state index in [9.17, 15) is 24.3 Å². The fourth-order valence-corrected chi connectivity index (χ4v) is 3.59. The van der Waals surface area contributed by atoms with Crippen molar-refractivity contribution < 1.29 is 29.4 Å². The van der Waals surface area contributed by atoms with Crippen LogP contribution in [0.1, 0.15) is 15.2 Å². The summed E-state index contributed by atoms with van der Waals surface area (Å²) in [5.74, 6) is -4.40. The molecular weight excluding hydrogens is 398 g/mol. The summed E-state index contributed by atoms with van der Waals surface area (Å²) in [6.07, 6.45) is 0. The molecule has 0 saturated carbocycles. The molecule has 0 saturated heterocycles. The Balaban J connectivity index is 1.69. The number of benzene rings is 2. The second kappa shape index (κ2) is 8.40. The highest BCUT2D eigenvalue weighted by molar-refractivity contribution is 7.16. The van der Waals surface area contributed by atoms with Crippen LogP contribution in [0.4, 0.5) is 15.5 Å². The lowest BCUT2D eigenvalue weighted by Gasteiger charge is -2.09. The summed E-state index contributed by atoms with van der Waals surface area (Å²) in [5.41, 5.74) is 0.364. The van der Waals surface area contributed by atoms with E-state index in [-0.39, 0.29) is 17.1 Å². The third-order valence-corrected chi connectivity index (χ3v) is 4.95. The summed E-state index contributed by atoms with van der Waals surface area (Å²) in [4.78, 5) is 45.9. The monoisotopic (exact) mass is 413 g/mol. The minimum absolute atomic E-state index is 0.00944. The molecule has 0 aliphatic heterocycles. The standard InChI is InChI=1S/C19H15N3O6S/c23-15(18(26)27)22-16-13(17(24)25)8-11(29-16)9-20-19(28)21-14-7-3-5-10-4-1-2-6-12(10)14/h1-8H,9H2,(H,22,23)(H,24,25)(H,26,27)(H2,20,21,28). The molecular formula is C19H15N3O6S. The maximum Gasteiger partial charge on any atom is 0.394 e. The zero-order valence-electron chi connectivity index (χ0n) is 14.8. The molecule has 3 amide bonds. The molecule has 1 heterocycles. The van der Waals surface area contributed by atoms with Gasteiger partial charge < -0.3 is 26.2 Å². The molecule has 1 aromatic heterocycles. The fourth-order valence-electron chi connectivity index (χ4n) is 2.61. The van der Waals surface area contributed by atoms with Crippen LogP contribution in [0.15, 0.2) is 48.5 Å². The highest BCUT2D eigenvalue weighted by Gasteiger charge is 2.20. The van der Waals surface area contributed by atoms with Crippen LogP contribution in [0.5, 0.6) is 0 Å². The van der Waals surface area contributed by atoms with Crippen molar-refractivity contribution in [2.75, 3.05) is 10.6 Å². The number of carboxylic acid groups (broad SMARTS) is 2. The quantitative estimate of drug-likeness (QED) is 0.407. The Morgan fingerprint density at radius 1 is 0.931 bits per heavy atom. The van der Waals surface area contributed by atoms with Crippen molar-refractivity contribution in [3.8, 4) is 0 Å². The Hall–Kier alpha value is -3.92. The second-order valence-corrected chi connectivity index (χ2v) is 6.99. The van der Waals surface area contributed by atoms with Crippen molar-refractivity contribution in [3.05, 3.63) is 59.0 Å². The Morgan fingerprint density at radius 3 is 2.38 bits per heavy atom. The number of carbonyl (C=O) groups is 4. The fraction of sp³-hybridized carbons (Fsp3) is 0.0526. The van der Waals surface area contributed by atoms with Crippen LogP contribution in [-0.2, 0) is 16.1 Å². The van der Waals surface area contributed by atoms with E-state index in [4.69, 9.17) is 5.11 Å². The Kier molecular flexibility index (Phi) is 5.74. The van der Waals surface area contributed by atoms with Gasteiger partial charge in [-0.05, 0) is 17.5 Å². The minimum Gasteiger partial charge on any atom is -0.478 e. The first-order valence-corrected chi connectivity index (χ1v) is 9.09. The van der Waals surface area contributed by atoms with E-state index in [2.05, 4.69) is 10.6 Å². The largest absolute Gasteiger partial charge is 0.478 e. The number of thiophene rings is 1. The number of anilines is 2. The average Bonchev–Trinajstić information content (AvgIpc) is 3.09. The average molecular weight is 413 g/mol. The molecule has 2 aromatic carbocycles. The van der Waals surface area contributed by atoms with E-state index in [1.54, 1.807) is 6.07 Å². The second-order valence-electron chi connectivity index (χ2n) is 5.85. The number of urea groups is 1. The van der Waals surface area contributed by atoms with Gasteiger partial charge in [0.1, 0.15) is 5.00 Å². The molecule has 0 aliphatic rings. The first-order chi connectivity index (χ1) is 13.8. The van der Waals surface area contributed by atoms with Crippen molar-refractivity contribution in [1.82, 2.24) is 5.32 Å². The molecule has 0 atom stereocenters. The number of hydrogen-bond acceptors (Lipinski definition) is 5. The van der Waals surface area contributed by atoms with E-state index in [1.165, 1.54) is 6.07 Å². The van der Waals surface area contributed by atoms with Crippen molar-refractivity contribution in [1.29, 1.82) is 0 Å². The Morgan fingerprint density at radius 2 is 1.66 bits per heavy atom. The smallest absolute Gasteiger partial charge is 0.394 e. The number of amides is 3. The van der Waals surface area contributed by atoms with Gasteiger partial charge in [-0.15, -0.1) is 11.3 Å². The van der Waals surface area contributed by atoms with Gasteiger partial charge in [0, 0.05) is 10.3 Å². The zero-order chi connectivity index (χ0) is 21.0. The van der Waals surface area contributed by atoms with Gasteiger partial charge in [0.2, 0.25) is 0 Å². The van der Waals surface area contributed by atoms with Crippen LogP contribution >= 0.6 is 11.3 Å². The number of aromatic carboxylic acids is 1. The van der Waals surface area contributed by atoms with Gasteiger partial charge >= 0.3 is 23.9 Å². The van der Waals surface area contributed by atoms with E-state index < -0.39 is 23.9 Å². The highest BCUT2D eigenvalue weighted by atomic mass is 32.1. The molecule has 0 bridgehead atoms. The summed E-state index contributed by atoms with van der Waals surface area (Å²) in [7, 11) is 0. The number of aliphatic carboxylic acids is 1. The number of nitrogens with one attached hydrogen (secondary N) is 3. The summed E-state index contributed by atoms with van der Waals surface area (Å²) in [6, 6.07) is 13.8. The van der Waals surface area contributed by atoms with E-state index in [1.807, 2.05) is 41.7 Å². The molecule has 148 valence electrons. The maximum atomic E-state index is 12.2. The summed E-state index contributed by atoms with van der Waals surface area (Å²) in [5, 5.41) is 27.0. The lowest BCUT2D eigenvalue weighted by molar-refractivity contribution is -0.147. The Labute approximate surface area is 168 Å². The normalized spacial score (nSPS) is 10.3. The van der Waals surface area contributed by atoms with Crippen LogP contribution in [0, 0.1) is 0 Å². The molecule has 3 rings (SSSR count). The summed E-state index contributed by atoms with van der Waals surface area (Å²) < 4.78 is 0. The van der Waals surface area contributed by atoms with Crippen LogP contribution in [0.2, 0.25) is 0 Å². The van der Waals surface area contributed by atoms with Gasteiger partial charge in [0.05, 0.1) is 17.8 Å². The summed E-state index contributed by atoms with van der Waals surface area (Å²) in [6.45, 7) is -0.00944. The molecule has 10 heteroatoms. The molecule has 0 radical (unpaired) electrons. The molecule has 9 nitrogen and oxygen atoms in total. The Bertz CT molecular complexity index is 1120. The van der Waals surface area contributed by atoms with Crippen molar-refractivity contribution in [2.45, 2.75) is 6.54 Å². The summed E-state index contributed by atoms with van der Waals surface area (Å²) >= 11 is 0.866. The molecule has 0 spiro atoms. The van der Waals surface area contributed by atoms with Gasteiger partial charge in [0.15, 0.2) is 0 Å². The lowest BCUT2D eigenvalue weighted by atomic mass is 10.1. The van der Waals surface area contributed by atoms with Gasteiger partial charge in [-0.25, -0.2) is 14.4 Å². The molecule has 29 heavy (non-hydrogen) atoms. The van der Waals surface area contributed by atoms with Crippen molar-refractivity contribution in [3.63, 3.8) is 0 Å². The van der Waals surface area contributed by atoms with Crippen LogP contribution < -0.4 is 16.0 Å². The molecule has 0 fully saturated rings. The van der Waals surface area contributed by atoms with Gasteiger partial charge in [-0.2, -0.15) is 0 Å². The topological polar surface area (TPSA) is 145 Å². The third kappa shape index (κ3) is 4.68. The van der Waals surface area contributed by atoms with Crippen LogP contribution in [0.3, 0.4) is 0 Å². The molecule has 0 aliphatic carbocycles. The van der Waals surface area contributed by atoms with E-state index >= 15 is 0 Å².